The van der Waals surface area contributed by atoms with Crippen molar-refractivity contribution in [1.29, 1.82) is 0 Å². The summed E-state index contributed by atoms with van der Waals surface area (Å²) >= 11 is 0. The van der Waals surface area contributed by atoms with E-state index in [2.05, 4.69) is 30.8 Å². The number of benzene rings is 3. The van der Waals surface area contributed by atoms with Crippen molar-refractivity contribution in [3.8, 4) is 5.75 Å². The lowest BCUT2D eigenvalue weighted by atomic mass is 9.84. The van der Waals surface area contributed by atoms with Crippen molar-refractivity contribution in [1.82, 2.24) is 0 Å². The van der Waals surface area contributed by atoms with E-state index in [-0.39, 0.29) is 6.10 Å². The van der Waals surface area contributed by atoms with Crippen molar-refractivity contribution in [2.75, 3.05) is 13.7 Å². The van der Waals surface area contributed by atoms with E-state index in [4.69, 9.17) is 33.2 Å². The summed E-state index contributed by atoms with van der Waals surface area (Å²) in [6.07, 6.45) is 4.13. The van der Waals surface area contributed by atoms with Crippen LogP contribution in [0.1, 0.15) is 48.8 Å². The standard InChI is InChI=1S/C37H44O7/c1-3-23-39-31-32(40-24-27-13-7-4-8-14-27)34(41-25-28-15-9-5-10-16-28)36-35(43-37(44-36)21-11-6-12-22-37)33(31)42-26-29-17-19-30(38-2)20-18-29/h3-5,7-10,13-20,31-36H,1,6,11-12,21-26H2,2H3/t31-,32-,33+,34+,35+,36-/m1/s1. The van der Waals surface area contributed by atoms with Gasteiger partial charge in [0.15, 0.2) is 5.79 Å². The molecule has 0 radical (unpaired) electrons. The first kappa shape index (κ1) is 31.0. The Labute approximate surface area is 261 Å². The van der Waals surface area contributed by atoms with Gasteiger partial charge in [0.05, 0.1) is 33.5 Å². The molecule has 6 atom stereocenters. The maximum absolute atomic E-state index is 6.94. The van der Waals surface area contributed by atoms with Crippen LogP contribution in [-0.4, -0.2) is 56.1 Å². The van der Waals surface area contributed by atoms with Crippen LogP contribution in [0.25, 0.3) is 0 Å². The Balaban J connectivity index is 1.33. The Kier molecular flexibility index (Phi) is 10.4. The van der Waals surface area contributed by atoms with Crippen LogP contribution >= 0.6 is 0 Å². The molecule has 0 amide bonds. The predicted molar refractivity (Wildman–Crippen MR) is 167 cm³/mol. The molecule has 1 aliphatic heterocycles. The average Bonchev–Trinajstić information content (AvgIpc) is 3.44. The van der Waals surface area contributed by atoms with Crippen molar-refractivity contribution in [2.24, 2.45) is 0 Å². The van der Waals surface area contributed by atoms with E-state index in [1.807, 2.05) is 60.7 Å². The fraction of sp³-hybridized carbons (Fsp3) is 0.459. The molecule has 2 saturated carbocycles. The average molecular weight is 601 g/mol. The monoisotopic (exact) mass is 600 g/mol. The number of methoxy groups -OCH3 is 1. The van der Waals surface area contributed by atoms with E-state index in [9.17, 15) is 0 Å². The maximum Gasteiger partial charge on any atom is 0.169 e. The van der Waals surface area contributed by atoms with E-state index in [1.54, 1.807) is 13.2 Å². The normalized spacial score (nSPS) is 27.6. The molecule has 1 spiro atoms. The summed E-state index contributed by atoms with van der Waals surface area (Å²) in [7, 11) is 1.67. The minimum absolute atomic E-state index is 0.340. The first-order valence-corrected chi connectivity index (χ1v) is 15.8. The van der Waals surface area contributed by atoms with Crippen LogP contribution in [0, 0.1) is 0 Å². The van der Waals surface area contributed by atoms with E-state index in [0.29, 0.717) is 26.4 Å². The molecular formula is C37H44O7. The van der Waals surface area contributed by atoms with E-state index in [1.165, 1.54) is 6.42 Å². The Morgan fingerprint density at radius 3 is 1.61 bits per heavy atom. The molecule has 44 heavy (non-hydrogen) atoms. The number of rotatable bonds is 13. The summed E-state index contributed by atoms with van der Waals surface area (Å²) in [4.78, 5) is 0. The topological polar surface area (TPSA) is 64.6 Å². The molecule has 7 heteroatoms. The maximum atomic E-state index is 6.94. The number of fused-ring (bicyclic) bond motifs is 1. The molecule has 1 saturated heterocycles. The SMILES string of the molecule is C=CCO[C@@H]1[C@@H](OCc2ccccc2)[C@H](OCc2ccccc2)[C@H]2OC3(CCCCC3)O[C@H]2[C@H]1OCc1ccc(OC)cc1. The molecular weight excluding hydrogens is 556 g/mol. The zero-order chi connectivity index (χ0) is 30.2. The fourth-order valence-electron chi connectivity index (χ4n) is 6.63. The molecule has 2 aliphatic carbocycles. The third-order valence-corrected chi connectivity index (χ3v) is 8.84. The van der Waals surface area contributed by atoms with Crippen LogP contribution in [0.3, 0.4) is 0 Å². The third-order valence-electron chi connectivity index (χ3n) is 8.84. The van der Waals surface area contributed by atoms with Gasteiger partial charge in [-0.1, -0.05) is 85.3 Å². The molecule has 3 aromatic carbocycles. The van der Waals surface area contributed by atoms with Crippen molar-refractivity contribution >= 4 is 0 Å². The van der Waals surface area contributed by atoms with Gasteiger partial charge >= 0.3 is 0 Å². The van der Waals surface area contributed by atoms with Gasteiger partial charge < -0.3 is 33.2 Å². The van der Waals surface area contributed by atoms with E-state index < -0.39 is 36.3 Å². The summed E-state index contributed by atoms with van der Waals surface area (Å²) in [5.74, 6) is 0.152. The van der Waals surface area contributed by atoms with Crippen molar-refractivity contribution in [3.63, 3.8) is 0 Å². The van der Waals surface area contributed by atoms with E-state index in [0.717, 1.165) is 48.1 Å². The first-order chi connectivity index (χ1) is 21.7. The van der Waals surface area contributed by atoms with Gasteiger partial charge in [0.1, 0.15) is 42.4 Å². The molecule has 0 N–H and O–H groups in total. The largest absolute Gasteiger partial charge is 0.497 e. The van der Waals surface area contributed by atoms with Crippen molar-refractivity contribution in [2.45, 2.75) is 94.3 Å². The zero-order valence-electron chi connectivity index (χ0n) is 25.6. The Morgan fingerprint density at radius 1 is 0.636 bits per heavy atom. The molecule has 7 nitrogen and oxygen atoms in total. The van der Waals surface area contributed by atoms with Gasteiger partial charge in [-0.15, -0.1) is 6.58 Å². The third kappa shape index (κ3) is 7.26. The van der Waals surface area contributed by atoms with Crippen LogP contribution in [0.15, 0.2) is 97.6 Å². The highest BCUT2D eigenvalue weighted by molar-refractivity contribution is 5.27. The Hall–Kier alpha value is -3.04. The predicted octanol–water partition coefficient (Wildman–Crippen LogP) is 6.78. The molecule has 3 aromatic rings. The van der Waals surface area contributed by atoms with Gasteiger partial charge in [0, 0.05) is 12.8 Å². The molecule has 0 bridgehead atoms. The summed E-state index contributed by atoms with van der Waals surface area (Å²) in [5.41, 5.74) is 3.18. The highest BCUT2D eigenvalue weighted by Gasteiger charge is 2.62. The smallest absolute Gasteiger partial charge is 0.169 e. The molecule has 234 valence electrons. The molecule has 0 aromatic heterocycles. The second-order valence-electron chi connectivity index (χ2n) is 11.9. The lowest BCUT2D eigenvalue weighted by molar-refractivity contribution is -0.248. The highest BCUT2D eigenvalue weighted by Crippen LogP contribution is 2.47. The van der Waals surface area contributed by atoms with Crippen LogP contribution in [0.5, 0.6) is 5.75 Å². The number of hydrogen-bond donors (Lipinski definition) is 0. The Morgan fingerprint density at radius 2 is 1.11 bits per heavy atom. The molecule has 3 fully saturated rings. The summed E-state index contributed by atoms with van der Waals surface area (Å²) in [6, 6.07) is 28.3. The molecule has 0 unspecified atom stereocenters. The highest BCUT2D eigenvalue weighted by atomic mass is 16.8. The van der Waals surface area contributed by atoms with Crippen molar-refractivity contribution in [3.05, 3.63) is 114 Å². The fourth-order valence-corrected chi connectivity index (χ4v) is 6.63. The molecule has 3 aliphatic rings. The zero-order valence-corrected chi connectivity index (χ0v) is 25.6. The minimum Gasteiger partial charge on any atom is -0.497 e. The van der Waals surface area contributed by atoms with Gasteiger partial charge in [-0.25, -0.2) is 0 Å². The molecule has 6 rings (SSSR count). The van der Waals surface area contributed by atoms with Gasteiger partial charge in [0.25, 0.3) is 0 Å². The van der Waals surface area contributed by atoms with Crippen molar-refractivity contribution < 1.29 is 33.2 Å². The van der Waals surface area contributed by atoms with Crippen LogP contribution < -0.4 is 4.74 Å². The number of ether oxygens (including phenoxy) is 7. The molecule has 1 heterocycles. The van der Waals surface area contributed by atoms with Gasteiger partial charge in [-0.05, 0) is 41.7 Å². The van der Waals surface area contributed by atoms with Crippen LogP contribution in [-0.2, 0) is 48.2 Å². The van der Waals surface area contributed by atoms with Gasteiger partial charge in [-0.2, -0.15) is 0 Å². The lowest BCUT2D eigenvalue weighted by Gasteiger charge is -2.46. The first-order valence-electron chi connectivity index (χ1n) is 15.8. The van der Waals surface area contributed by atoms with Crippen LogP contribution in [0.4, 0.5) is 0 Å². The second-order valence-corrected chi connectivity index (χ2v) is 11.9. The minimum atomic E-state index is -0.652. The second kappa shape index (κ2) is 14.8. The van der Waals surface area contributed by atoms with E-state index >= 15 is 0 Å². The van der Waals surface area contributed by atoms with Gasteiger partial charge in [0.2, 0.25) is 0 Å². The summed E-state index contributed by atoms with van der Waals surface area (Å²) in [6.45, 7) is 5.46. The number of hydrogen-bond acceptors (Lipinski definition) is 7. The lowest BCUT2D eigenvalue weighted by Crippen LogP contribution is -2.65. The van der Waals surface area contributed by atoms with Crippen LogP contribution in [0.2, 0.25) is 0 Å². The van der Waals surface area contributed by atoms with Gasteiger partial charge in [-0.3, -0.25) is 0 Å². The Bertz CT molecular complexity index is 1290. The summed E-state index contributed by atoms with van der Waals surface area (Å²) < 4.78 is 46.0. The summed E-state index contributed by atoms with van der Waals surface area (Å²) in [5, 5.41) is 0. The quantitative estimate of drug-likeness (QED) is 0.200.